The molecule has 0 saturated carbocycles. The van der Waals surface area contributed by atoms with Gasteiger partial charge in [0.1, 0.15) is 5.75 Å². The number of hydrogen-bond acceptors (Lipinski definition) is 4. The van der Waals surface area contributed by atoms with Gasteiger partial charge in [-0.05, 0) is 61.5 Å². The molecule has 7 nitrogen and oxygen atoms in total. The van der Waals surface area contributed by atoms with Crippen molar-refractivity contribution in [1.29, 1.82) is 0 Å². The van der Waals surface area contributed by atoms with E-state index >= 15 is 0 Å². The number of carbonyl (C=O) groups excluding carboxylic acids is 2. The van der Waals surface area contributed by atoms with Crippen LogP contribution in [0.25, 0.3) is 10.9 Å². The Kier molecular flexibility index (Phi) is 5.43. The number of amides is 2. The Morgan fingerprint density at radius 2 is 1.50 bits per heavy atom. The van der Waals surface area contributed by atoms with Crippen molar-refractivity contribution in [2.24, 2.45) is 0 Å². The molecule has 0 aliphatic rings. The van der Waals surface area contributed by atoms with Gasteiger partial charge >= 0.3 is 0 Å². The normalized spacial score (nSPS) is 10.6. The fourth-order valence-corrected chi connectivity index (χ4v) is 3.04. The summed E-state index contributed by atoms with van der Waals surface area (Å²) >= 11 is 0. The van der Waals surface area contributed by atoms with Crippen LogP contribution in [0.1, 0.15) is 27.8 Å². The van der Waals surface area contributed by atoms with Gasteiger partial charge in [-0.3, -0.25) is 14.7 Å². The van der Waals surface area contributed by atoms with Gasteiger partial charge in [0.05, 0.1) is 12.1 Å². The van der Waals surface area contributed by atoms with E-state index in [0.717, 1.165) is 16.7 Å². The average molecular weight is 400 g/mol. The quantitative estimate of drug-likeness (QED) is 0.445. The maximum atomic E-state index is 12.5. The zero-order valence-corrected chi connectivity index (χ0v) is 16.3. The van der Waals surface area contributed by atoms with Gasteiger partial charge < -0.3 is 15.4 Å². The Balaban J connectivity index is 1.41. The van der Waals surface area contributed by atoms with Crippen molar-refractivity contribution >= 4 is 34.1 Å². The molecule has 0 saturated heterocycles. The Morgan fingerprint density at radius 3 is 2.20 bits per heavy atom. The van der Waals surface area contributed by atoms with Gasteiger partial charge in [0, 0.05) is 22.3 Å². The van der Waals surface area contributed by atoms with E-state index in [9.17, 15) is 9.59 Å². The second-order valence-corrected chi connectivity index (χ2v) is 6.56. The number of anilines is 2. The van der Waals surface area contributed by atoms with Crippen LogP contribution in [0.2, 0.25) is 0 Å². The van der Waals surface area contributed by atoms with Crippen LogP contribution >= 0.6 is 0 Å². The monoisotopic (exact) mass is 400 g/mol. The largest absolute Gasteiger partial charge is 0.494 e. The summed E-state index contributed by atoms with van der Waals surface area (Å²) in [5.41, 5.74) is 2.84. The number of ether oxygens (including phenoxy) is 1. The van der Waals surface area contributed by atoms with Crippen molar-refractivity contribution in [3.05, 3.63) is 84.1 Å². The van der Waals surface area contributed by atoms with Crippen LogP contribution in [0, 0.1) is 0 Å². The Hall–Kier alpha value is -4.13. The SMILES string of the molecule is CCOc1ccc(NC(=O)c2ccc(NC(=O)c3n[nH]c4ccccc34)cc2)cc1. The first-order valence-electron chi connectivity index (χ1n) is 9.53. The van der Waals surface area contributed by atoms with E-state index in [-0.39, 0.29) is 11.8 Å². The summed E-state index contributed by atoms with van der Waals surface area (Å²) in [6.45, 7) is 2.50. The first-order valence-corrected chi connectivity index (χ1v) is 9.53. The first kappa shape index (κ1) is 19.2. The molecule has 0 fully saturated rings. The van der Waals surface area contributed by atoms with Crippen molar-refractivity contribution in [2.75, 3.05) is 17.2 Å². The minimum Gasteiger partial charge on any atom is -0.494 e. The molecule has 0 aliphatic carbocycles. The maximum Gasteiger partial charge on any atom is 0.276 e. The molecule has 0 aliphatic heterocycles. The highest BCUT2D eigenvalue weighted by atomic mass is 16.5. The number of aromatic amines is 1. The lowest BCUT2D eigenvalue weighted by Gasteiger charge is -2.08. The Labute approximate surface area is 173 Å². The maximum absolute atomic E-state index is 12.5. The van der Waals surface area contributed by atoms with Gasteiger partial charge in [-0.25, -0.2) is 0 Å². The predicted molar refractivity (Wildman–Crippen MR) is 116 cm³/mol. The highest BCUT2D eigenvalue weighted by molar-refractivity contribution is 6.11. The molecule has 150 valence electrons. The fraction of sp³-hybridized carbons (Fsp3) is 0.0870. The van der Waals surface area contributed by atoms with Gasteiger partial charge in [-0.15, -0.1) is 0 Å². The van der Waals surface area contributed by atoms with E-state index in [1.807, 2.05) is 31.2 Å². The van der Waals surface area contributed by atoms with Crippen molar-refractivity contribution in [1.82, 2.24) is 10.2 Å². The zero-order valence-electron chi connectivity index (χ0n) is 16.3. The number of carbonyl (C=O) groups is 2. The third-order valence-electron chi connectivity index (χ3n) is 4.51. The van der Waals surface area contributed by atoms with Crippen molar-refractivity contribution in [3.63, 3.8) is 0 Å². The highest BCUT2D eigenvalue weighted by Gasteiger charge is 2.14. The van der Waals surface area contributed by atoms with Crippen molar-refractivity contribution in [3.8, 4) is 5.75 Å². The smallest absolute Gasteiger partial charge is 0.276 e. The van der Waals surface area contributed by atoms with E-state index in [4.69, 9.17) is 4.74 Å². The lowest BCUT2D eigenvalue weighted by molar-refractivity contribution is 0.101. The number of aromatic nitrogens is 2. The molecule has 1 heterocycles. The van der Waals surface area contributed by atoms with Gasteiger partial charge in [0.25, 0.3) is 11.8 Å². The topological polar surface area (TPSA) is 96.1 Å². The lowest BCUT2D eigenvalue weighted by atomic mass is 10.1. The molecule has 7 heteroatoms. The van der Waals surface area contributed by atoms with Crippen LogP contribution < -0.4 is 15.4 Å². The summed E-state index contributed by atoms with van der Waals surface area (Å²) in [6.07, 6.45) is 0. The van der Waals surface area contributed by atoms with Gasteiger partial charge in [-0.2, -0.15) is 5.10 Å². The molecule has 30 heavy (non-hydrogen) atoms. The van der Waals surface area contributed by atoms with Crippen LogP contribution in [0.3, 0.4) is 0 Å². The summed E-state index contributed by atoms with van der Waals surface area (Å²) in [7, 11) is 0. The van der Waals surface area contributed by atoms with E-state index in [1.165, 1.54) is 0 Å². The second kappa shape index (κ2) is 8.48. The van der Waals surface area contributed by atoms with Gasteiger partial charge in [0.15, 0.2) is 5.69 Å². The number of para-hydroxylation sites is 1. The van der Waals surface area contributed by atoms with Crippen LogP contribution in [0.4, 0.5) is 11.4 Å². The summed E-state index contributed by atoms with van der Waals surface area (Å²) in [4.78, 5) is 25.0. The van der Waals surface area contributed by atoms with Crippen molar-refractivity contribution < 1.29 is 14.3 Å². The molecule has 1 aromatic heterocycles. The molecule has 3 N–H and O–H groups in total. The van der Waals surface area contributed by atoms with E-state index in [1.54, 1.807) is 48.5 Å². The molecule has 3 aromatic carbocycles. The lowest BCUT2D eigenvalue weighted by Crippen LogP contribution is -2.14. The van der Waals surface area contributed by atoms with Gasteiger partial charge in [-0.1, -0.05) is 18.2 Å². The number of fused-ring (bicyclic) bond motifs is 1. The summed E-state index contributed by atoms with van der Waals surface area (Å²) in [5.74, 6) is 0.189. The van der Waals surface area contributed by atoms with Gasteiger partial charge in [0.2, 0.25) is 0 Å². The van der Waals surface area contributed by atoms with E-state index in [0.29, 0.717) is 29.2 Å². The summed E-state index contributed by atoms with van der Waals surface area (Å²) in [5, 5.41) is 13.3. The number of benzene rings is 3. The molecule has 2 amide bonds. The minimum absolute atomic E-state index is 0.240. The molecule has 0 spiro atoms. The molecular weight excluding hydrogens is 380 g/mol. The van der Waals surface area contributed by atoms with E-state index in [2.05, 4.69) is 20.8 Å². The van der Waals surface area contributed by atoms with Crippen LogP contribution in [-0.2, 0) is 0 Å². The molecule has 0 unspecified atom stereocenters. The van der Waals surface area contributed by atoms with Crippen LogP contribution in [-0.4, -0.2) is 28.6 Å². The summed E-state index contributed by atoms with van der Waals surface area (Å²) in [6, 6.07) is 21.3. The number of nitrogens with one attached hydrogen (secondary N) is 3. The highest BCUT2D eigenvalue weighted by Crippen LogP contribution is 2.19. The number of hydrogen-bond donors (Lipinski definition) is 3. The molecular formula is C23H20N4O3. The fourth-order valence-electron chi connectivity index (χ4n) is 3.04. The Bertz CT molecular complexity index is 1180. The molecule has 4 aromatic rings. The molecule has 4 rings (SSSR count). The van der Waals surface area contributed by atoms with Crippen molar-refractivity contribution in [2.45, 2.75) is 6.92 Å². The first-order chi connectivity index (χ1) is 14.6. The Morgan fingerprint density at radius 1 is 0.867 bits per heavy atom. The third kappa shape index (κ3) is 4.15. The molecule has 0 bridgehead atoms. The van der Waals surface area contributed by atoms with Crippen LogP contribution in [0.5, 0.6) is 5.75 Å². The second-order valence-electron chi connectivity index (χ2n) is 6.56. The molecule has 0 radical (unpaired) electrons. The third-order valence-corrected chi connectivity index (χ3v) is 4.51. The predicted octanol–water partition coefficient (Wildman–Crippen LogP) is 4.47. The summed E-state index contributed by atoms with van der Waals surface area (Å²) < 4.78 is 5.39. The number of rotatable bonds is 6. The standard InChI is InChI=1S/C23H20N4O3/c1-2-30-18-13-11-17(12-14-18)24-22(28)15-7-9-16(10-8-15)25-23(29)21-19-5-3-4-6-20(19)26-27-21/h3-14H,2H2,1H3,(H,24,28)(H,25,29)(H,26,27). The minimum atomic E-state index is -0.320. The molecule has 0 atom stereocenters. The number of H-pyrrole nitrogens is 1. The van der Waals surface area contributed by atoms with Crippen LogP contribution in [0.15, 0.2) is 72.8 Å². The average Bonchev–Trinajstić information content (AvgIpc) is 3.20. The zero-order chi connectivity index (χ0) is 20.9. The van der Waals surface area contributed by atoms with E-state index < -0.39 is 0 Å². The number of nitrogens with zero attached hydrogens (tertiary/aromatic N) is 1.